The van der Waals surface area contributed by atoms with E-state index in [4.69, 9.17) is 18.9 Å². The van der Waals surface area contributed by atoms with E-state index in [0.717, 1.165) is 35.3 Å². The summed E-state index contributed by atoms with van der Waals surface area (Å²) in [4.78, 5) is 31.9. The minimum absolute atomic E-state index is 0.0273. The van der Waals surface area contributed by atoms with Gasteiger partial charge in [-0.1, -0.05) is 30.3 Å². The molecular weight excluding hydrogens is 612 g/mol. The van der Waals surface area contributed by atoms with Crippen LogP contribution in [0.3, 0.4) is 0 Å². The lowest BCUT2D eigenvalue weighted by Crippen LogP contribution is -2.51. The van der Waals surface area contributed by atoms with Gasteiger partial charge < -0.3 is 28.7 Å². The van der Waals surface area contributed by atoms with E-state index in [0.29, 0.717) is 45.9 Å². The molecule has 0 N–H and O–H groups in total. The van der Waals surface area contributed by atoms with Gasteiger partial charge in [0.15, 0.2) is 0 Å². The number of benzene rings is 3. The number of rotatable bonds is 11. The molecule has 1 aliphatic carbocycles. The van der Waals surface area contributed by atoms with Gasteiger partial charge in [0, 0.05) is 53.0 Å². The molecule has 2 fully saturated rings. The van der Waals surface area contributed by atoms with E-state index in [1.807, 2.05) is 37.8 Å². The topological polar surface area (TPSA) is 77.5 Å². The standard InChI is InChI=1S/C38H46N2O6S/c1-38(2,3)46-37(42)39-15-14-30(27-10-13-35-32(21-27)31-8-6-7-9-34(31)47-35)33(23-39)36(41)40(28-11-12-28)22-25-18-26(20-29(19-25)44-5)24-45-17-16-43-4/h6-10,13,18-21,28,30,33H,11-12,14-17,22-24H2,1-5H3/t30-,33+/m1/s1. The highest BCUT2D eigenvalue weighted by atomic mass is 32.1. The molecular formula is C38H46N2O6S. The SMILES string of the molecule is COCCOCc1cc(CN(C(=O)[C@H]2CN(C(=O)OC(C)(C)C)CC[C@@H]2c2ccc3sc4ccccc4c3c2)C2CC2)cc(OC)c1. The number of carbonyl (C=O) groups excluding carboxylic acids is 2. The van der Waals surface area contributed by atoms with E-state index < -0.39 is 11.5 Å². The minimum atomic E-state index is -0.615. The first-order valence-electron chi connectivity index (χ1n) is 16.6. The highest BCUT2D eigenvalue weighted by Crippen LogP contribution is 2.41. The predicted molar refractivity (Wildman–Crippen MR) is 186 cm³/mol. The number of nitrogens with zero attached hydrogens (tertiary/aromatic N) is 2. The van der Waals surface area contributed by atoms with E-state index in [-0.39, 0.29) is 24.0 Å². The minimum Gasteiger partial charge on any atom is -0.497 e. The smallest absolute Gasteiger partial charge is 0.410 e. The summed E-state index contributed by atoms with van der Waals surface area (Å²) in [5.74, 6) is 0.392. The molecule has 6 rings (SSSR count). The zero-order valence-corrected chi connectivity index (χ0v) is 28.9. The van der Waals surface area contributed by atoms with Crippen molar-refractivity contribution >= 4 is 43.5 Å². The lowest BCUT2D eigenvalue weighted by Gasteiger charge is -2.40. The van der Waals surface area contributed by atoms with Crippen molar-refractivity contribution in [2.24, 2.45) is 5.92 Å². The van der Waals surface area contributed by atoms with Crippen molar-refractivity contribution < 1.29 is 28.5 Å². The van der Waals surface area contributed by atoms with Gasteiger partial charge in [0.05, 0.1) is 32.8 Å². The van der Waals surface area contributed by atoms with Crippen LogP contribution in [0.5, 0.6) is 5.75 Å². The molecule has 1 saturated carbocycles. The second-order valence-corrected chi connectivity index (χ2v) is 14.8. The van der Waals surface area contributed by atoms with Crippen LogP contribution in [-0.4, -0.2) is 74.0 Å². The molecule has 250 valence electrons. The summed E-state index contributed by atoms with van der Waals surface area (Å²) in [5, 5.41) is 2.46. The van der Waals surface area contributed by atoms with Crippen molar-refractivity contribution in [2.45, 2.75) is 70.7 Å². The fraction of sp³-hybridized carbons (Fsp3) is 0.474. The van der Waals surface area contributed by atoms with E-state index in [1.54, 1.807) is 30.5 Å². The quantitative estimate of drug-likeness (QED) is 0.153. The Balaban J connectivity index is 1.31. The Morgan fingerprint density at radius 3 is 2.43 bits per heavy atom. The maximum atomic E-state index is 14.8. The lowest BCUT2D eigenvalue weighted by atomic mass is 9.79. The van der Waals surface area contributed by atoms with Crippen molar-refractivity contribution in [1.29, 1.82) is 0 Å². The molecule has 2 aliphatic rings. The van der Waals surface area contributed by atoms with Crippen LogP contribution < -0.4 is 4.74 Å². The highest BCUT2D eigenvalue weighted by molar-refractivity contribution is 7.25. The normalized spacial score (nSPS) is 18.4. The summed E-state index contributed by atoms with van der Waals surface area (Å²) >= 11 is 1.79. The van der Waals surface area contributed by atoms with Gasteiger partial charge >= 0.3 is 6.09 Å². The number of amides is 2. The molecule has 47 heavy (non-hydrogen) atoms. The second-order valence-electron chi connectivity index (χ2n) is 13.7. The van der Waals surface area contributed by atoms with Crippen LogP contribution in [0.2, 0.25) is 0 Å². The third-order valence-electron chi connectivity index (χ3n) is 9.00. The van der Waals surface area contributed by atoms with Crippen LogP contribution in [-0.2, 0) is 32.2 Å². The number of fused-ring (bicyclic) bond motifs is 3. The maximum Gasteiger partial charge on any atom is 0.410 e. The molecule has 9 heteroatoms. The second kappa shape index (κ2) is 14.2. The Labute approximate surface area is 281 Å². The molecule has 1 aliphatic heterocycles. The summed E-state index contributed by atoms with van der Waals surface area (Å²) in [6, 6.07) is 21.4. The summed E-state index contributed by atoms with van der Waals surface area (Å²) in [6.45, 7) is 8.41. The van der Waals surface area contributed by atoms with Crippen LogP contribution in [0.25, 0.3) is 20.2 Å². The van der Waals surface area contributed by atoms with Crippen LogP contribution in [0, 0.1) is 5.92 Å². The first-order chi connectivity index (χ1) is 22.6. The van der Waals surface area contributed by atoms with E-state index in [1.165, 1.54) is 20.2 Å². The molecule has 0 bridgehead atoms. The van der Waals surface area contributed by atoms with Gasteiger partial charge in [-0.15, -0.1) is 11.3 Å². The van der Waals surface area contributed by atoms with E-state index in [9.17, 15) is 9.59 Å². The molecule has 1 aromatic heterocycles. The van der Waals surface area contributed by atoms with Crippen LogP contribution >= 0.6 is 11.3 Å². The zero-order valence-electron chi connectivity index (χ0n) is 28.1. The molecule has 8 nitrogen and oxygen atoms in total. The number of piperidine rings is 1. The third kappa shape index (κ3) is 7.91. The van der Waals surface area contributed by atoms with Crippen LogP contribution in [0.4, 0.5) is 4.79 Å². The molecule has 1 saturated heterocycles. The summed E-state index contributed by atoms with van der Waals surface area (Å²) < 4.78 is 24.8. The molecule has 0 spiro atoms. The van der Waals surface area contributed by atoms with Crippen LogP contribution in [0.15, 0.2) is 60.7 Å². The van der Waals surface area contributed by atoms with Gasteiger partial charge in [-0.3, -0.25) is 4.79 Å². The summed E-state index contributed by atoms with van der Waals surface area (Å²) in [7, 11) is 3.31. The monoisotopic (exact) mass is 658 g/mol. The number of ether oxygens (including phenoxy) is 4. The Kier molecular flexibility index (Phi) is 10.1. The zero-order chi connectivity index (χ0) is 33.1. The Hall–Kier alpha value is -3.66. The lowest BCUT2D eigenvalue weighted by molar-refractivity contribution is -0.139. The molecule has 4 aromatic rings. The number of hydrogen-bond donors (Lipinski definition) is 0. The molecule has 2 amide bonds. The Bertz CT molecular complexity index is 1720. The largest absolute Gasteiger partial charge is 0.497 e. The summed E-state index contributed by atoms with van der Waals surface area (Å²) in [6.07, 6.45) is 2.27. The van der Waals surface area contributed by atoms with Gasteiger partial charge in [0.1, 0.15) is 11.4 Å². The number of carbonyl (C=O) groups is 2. The first-order valence-corrected chi connectivity index (χ1v) is 17.4. The van der Waals surface area contributed by atoms with Crippen molar-refractivity contribution in [3.8, 4) is 5.75 Å². The maximum absolute atomic E-state index is 14.8. The number of likely N-dealkylation sites (tertiary alicyclic amines) is 1. The van der Waals surface area contributed by atoms with Crippen molar-refractivity contribution in [3.05, 3.63) is 77.4 Å². The Morgan fingerprint density at radius 1 is 0.915 bits per heavy atom. The summed E-state index contributed by atoms with van der Waals surface area (Å²) in [5.41, 5.74) is 2.52. The third-order valence-corrected chi connectivity index (χ3v) is 10.1. The molecule has 2 heterocycles. The van der Waals surface area contributed by atoms with Crippen molar-refractivity contribution in [2.75, 3.05) is 40.5 Å². The molecule has 3 aromatic carbocycles. The average Bonchev–Trinajstić information content (AvgIpc) is 3.84. The number of thiophene rings is 1. The van der Waals surface area contributed by atoms with Gasteiger partial charge in [0.25, 0.3) is 0 Å². The average molecular weight is 659 g/mol. The van der Waals surface area contributed by atoms with Gasteiger partial charge in [-0.25, -0.2) is 4.79 Å². The van der Waals surface area contributed by atoms with Gasteiger partial charge in [-0.05, 0) is 93.0 Å². The fourth-order valence-corrected chi connectivity index (χ4v) is 7.69. The van der Waals surface area contributed by atoms with Crippen molar-refractivity contribution in [3.63, 3.8) is 0 Å². The van der Waals surface area contributed by atoms with E-state index in [2.05, 4.69) is 48.5 Å². The number of methoxy groups -OCH3 is 2. The molecule has 0 radical (unpaired) electrons. The fourth-order valence-electron chi connectivity index (χ4n) is 6.60. The Morgan fingerprint density at radius 2 is 1.68 bits per heavy atom. The van der Waals surface area contributed by atoms with Gasteiger partial charge in [0.2, 0.25) is 5.91 Å². The molecule has 2 atom stereocenters. The highest BCUT2D eigenvalue weighted by Gasteiger charge is 2.43. The van der Waals surface area contributed by atoms with Crippen LogP contribution in [0.1, 0.15) is 62.6 Å². The first kappa shape index (κ1) is 33.2. The number of hydrogen-bond acceptors (Lipinski definition) is 7. The van der Waals surface area contributed by atoms with Gasteiger partial charge in [-0.2, -0.15) is 0 Å². The van der Waals surface area contributed by atoms with E-state index >= 15 is 0 Å². The van der Waals surface area contributed by atoms with Crippen molar-refractivity contribution in [1.82, 2.24) is 9.80 Å². The molecule has 0 unspecified atom stereocenters. The predicted octanol–water partition coefficient (Wildman–Crippen LogP) is 7.76.